The van der Waals surface area contributed by atoms with E-state index in [1.54, 1.807) is 12.3 Å². The molecule has 0 atom stereocenters. The zero-order valence-corrected chi connectivity index (χ0v) is 9.15. The molecule has 86 valence electrons. The summed E-state index contributed by atoms with van der Waals surface area (Å²) in [5.41, 5.74) is 7.38. The van der Waals surface area contributed by atoms with E-state index in [1.807, 2.05) is 6.07 Å². The van der Waals surface area contributed by atoms with Crippen molar-refractivity contribution < 1.29 is 4.79 Å². The van der Waals surface area contributed by atoms with Gasteiger partial charge in [-0.15, -0.1) is 0 Å². The van der Waals surface area contributed by atoms with Gasteiger partial charge in [-0.1, -0.05) is 0 Å². The molecule has 1 amide bonds. The van der Waals surface area contributed by atoms with Gasteiger partial charge < -0.3 is 11.1 Å². The molecule has 1 aromatic heterocycles. The highest BCUT2D eigenvalue weighted by Crippen LogP contribution is 2.07. The van der Waals surface area contributed by atoms with Crippen LogP contribution in [0.4, 0.5) is 5.69 Å². The van der Waals surface area contributed by atoms with Gasteiger partial charge in [0, 0.05) is 44.5 Å². The first kappa shape index (κ1) is 10.9. The van der Waals surface area contributed by atoms with Crippen molar-refractivity contribution in [2.45, 2.75) is 13.0 Å². The maximum atomic E-state index is 11.2. The molecule has 1 aliphatic rings. The minimum atomic E-state index is 0.128. The lowest BCUT2D eigenvalue weighted by Crippen LogP contribution is -2.28. The number of anilines is 1. The van der Waals surface area contributed by atoms with Crippen molar-refractivity contribution in [1.29, 1.82) is 0 Å². The SMILES string of the molecule is Nc1ccnc(CN2CCNC(=O)CC2)c1. The molecule has 2 rings (SSSR count). The molecule has 0 aliphatic carbocycles. The molecule has 2 heterocycles. The van der Waals surface area contributed by atoms with E-state index in [0.717, 1.165) is 31.0 Å². The van der Waals surface area contributed by atoms with E-state index in [-0.39, 0.29) is 5.91 Å². The Balaban J connectivity index is 1.96. The van der Waals surface area contributed by atoms with Gasteiger partial charge in [-0.2, -0.15) is 0 Å². The molecule has 3 N–H and O–H groups in total. The molecular weight excluding hydrogens is 204 g/mol. The van der Waals surface area contributed by atoms with Crippen molar-refractivity contribution in [2.75, 3.05) is 25.4 Å². The highest BCUT2D eigenvalue weighted by atomic mass is 16.1. The maximum Gasteiger partial charge on any atom is 0.221 e. The van der Waals surface area contributed by atoms with Gasteiger partial charge in [-0.05, 0) is 12.1 Å². The van der Waals surface area contributed by atoms with Crippen LogP contribution in [-0.2, 0) is 11.3 Å². The number of amides is 1. The second-order valence-corrected chi connectivity index (χ2v) is 3.96. The third-order valence-electron chi connectivity index (χ3n) is 2.63. The molecule has 0 bridgehead atoms. The number of nitrogens with one attached hydrogen (secondary N) is 1. The number of carbonyl (C=O) groups is 1. The van der Waals surface area contributed by atoms with Gasteiger partial charge in [-0.25, -0.2) is 0 Å². The Kier molecular flexibility index (Phi) is 3.36. The van der Waals surface area contributed by atoms with Crippen LogP contribution in [0.15, 0.2) is 18.3 Å². The fourth-order valence-electron chi connectivity index (χ4n) is 1.78. The summed E-state index contributed by atoms with van der Waals surface area (Å²) in [7, 11) is 0. The van der Waals surface area contributed by atoms with Gasteiger partial charge in [0.05, 0.1) is 5.69 Å². The molecule has 1 aromatic rings. The molecule has 0 saturated carbocycles. The minimum Gasteiger partial charge on any atom is -0.399 e. The van der Waals surface area contributed by atoms with Crippen LogP contribution in [0.25, 0.3) is 0 Å². The zero-order valence-electron chi connectivity index (χ0n) is 9.15. The average molecular weight is 220 g/mol. The Bertz CT molecular complexity index is 380. The molecule has 1 aliphatic heterocycles. The van der Waals surface area contributed by atoms with Crippen LogP contribution in [0, 0.1) is 0 Å². The summed E-state index contributed by atoms with van der Waals surface area (Å²) in [5.74, 6) is 0.128. The monoisotopic (exact) mass is 220 g/mol. The lowest BCUT2D eigenvalue weighted by Gasteiger charge is -2.18. The van der Waals surface area contributed by atoms with E-state index in [0.29, 0.717) is 13.0 Å². The minimum absolute atomic E-state index is 0.128. The molecule has 0 unspecified atom stereocenters. The van der Waals surface area contributed by atoms with Crippen LogP contribution in [0.2, 0.25) is 0 Å². The number of carbonyl (C=O) groups excluding carboxylic acids is 1. The van der Waals surface area contributed by atoms with Crippen LogP contribution < -0.4 is 11.1 Å². The van der Waals surface area contributed by atoms with E-state index >= 15 is 0 Å². The Morgan fingerprint density at radius 3 is 3.19 bits per heavy atom. The number of nitrogen functional groups attached to an aromatic ring is 1. The third-order valence-corrected chi connectivity index (χ3v) is 2.63. The van der Waals surface area contributed by atoms with E-state index < -0.39 is 0 Å². The fourth-order valence-corrected chi connectivity index (χ4v) is 1.78. The summed E-state index contributed by atoms with van der Waals surface area (Å²) in [4.78, 5) is 17.6. The number of hydrogen-bond donors (Lipinski definition) is 2. The van der Waals surface area contributed by atoms with Gasteiger partial charge in [0.25, 0.3) is 0 Å². The van der Waals surface area contributed by atoms with Crippen molar-refractivity contribution in [3.63, 3.8) is 0 Å². The molecule has 5 nitrogen and oxygen atoms in total. The number of nitrogens with two attached hydrogens (primary N) is 1. The molecule has 16 heavy (non-hydrogen) atoms. The van der Waals surface area contributed by atoms with E-state index in [4.69, 9.17) is 5.73 Å². The zero-order chi connectivity index (χ0) is 11.4. The topological polar surface area (TPSA) is 71.2 Å². The number of aromatic nitrogens is 1. The first-order valence-electron chi connectivity index (χ1n) is 5.43. The smallest absolute Gasteiger partial charge is 0.221 e. The molecule has 0 radical (unpaired) electrons. The summed E-state index contributed by atoms with van der Waals surface area (Å²) in [6, 6.07) is 3.65. The normalized spacial score (nSPS) is 17.9. The summed E-state index contributed by atoms with van der Waals surface area (Å²) < 4.78 is 0. The van der Waals surface area contributed by atoms with Crippen LogP contribution >= 0.6 is 0 Å². The largest absolute Gasteiger partial charge is 0.399 e. The quantitative estimate of drug-likeness (QED) is 0.735. The number of hydrogen-bond acceptors (Lipinski definition) is 4. The van der Waals surface area contributed by atoms with Gasteiger partial charge in [0.1, 0.15) is 0 Å². The lowest BCUT2D eigenvalue weighted by atomic mass is 10.3. The van der Waals surface area contributed by atoms with Crippen molar-refractivity contribution in [2.24, 2.45) is 0 Å². The van der Waals surface area contributed by atoms with E-state index in [9.17, 15) is 4.79 Å². The molecule has 1 saturated heterocycles. The third kappa shape index (κ3) is 2.93. The second-order valence-electron chi connectivity index (χ2n) is 3.96. The van der Waals surface area contributed by atoms with Crippen molar-refractivity contribution in [3.8, 4) is 0 Å². The second kappa shape index (κ2) is 4.94. The molecule has 1 fully saturated rings. The van der Waals surface area contributed by atoms with Gasteiger partial charge >= 0.3 is 0 Å². The highest BCUT2D eigenvalue weighted by Gasteiger charge is 2.13. The Morgan fingerprint density at radius 2 is 2.38 bits per heavy atom. The van der Waals surface area contributed by atoms with Crippen LogP contribution in [0.3, 0.4) is 0 Å². The van der Waals surface area contributed by atoms with Crippen molar-refractivity contribution in [1.82, 2.24) is 15.2 Å². The Hall–Kier alpha value is -1.62. The fraction of sp³-hybridized carbons (Fsp3) is 0.455. The maximum absolute atomic E-state index is 11.2. The molecule has 5 heteroatoms. The first-order chi connectivity index (χ1) is 7.74. The van der Waals surface area contributed by atoms with Gasteiger partial charge in [0.2, 0.25) is 5.91 Å². The lowest BCUT2D eigenvalue weighted by molar-refractivity contribution is -0.120. The Labute approximate surface area is 94.6 Å². The van der Waals surface area contributed by atoms with Crippen molar-refractivity contribution in [3.05, 3.63) is 24.0 Å². The van der Waals surface area contributed by atoms with Crippen LogP contribution in [-0.4, -0.2) is 35.4 Å². The predicted molar refractivity (Wildman–Crippen MR) is 61.6 cm³/mol. The Morgan fingerprint density at radius 1 is 1.50 bits per heavy atom. The molecular formula is C11H16N4O. The predicted octanol–water partition coefficient (Wildman–Crippen LogP) is -0.0143. The number of rotatable bonds is 2. The molecule has 0 aromatic carbocycles. The van der Waals surface area contributed by atoms with E-state index in [2.05, 4.69) is 15.2 Å². The molecule has 0 spiro atoms. The summed E-state index contributed by atoms with van der Waals surface area (Å²) in [6.45, 7) is 3.10. The first-order valence-corrected chi connectivity index (χ1v) is 5.43. The average Bonchev–Trinajstić information content (AvgIpc) is 2.44. The van der Waals surface area contributed by atoms with Crippen molar-refractivity contribution >= 4 is 11.6 Å². The summed E-state index contributed by atoms with van der Waals surface area (Å²) in [6.07, 6.45) is 2.27. The van der Waals surface area contributed by atoms with Crippen LogP contribution in [0.5, 0.6) is 0 Å². The van der Waals surface area contributed by atoms with Gasteiger partial charge in [0.15, 0.2) is 0 Å². The summed E-state index contributed by atoms with van der Waals surface area (Å²) in [5, 5.41) is 2.85. The number of pyridine rings is 1. The summed E-state index contributed by atoms with van der Waals surface area (Å²) >= 11 is 0. The number of nitrogens with zero attached hydrogens (tertiary/aromatic N) is 2. The van der Waals surface area contributed by atoms with Crippen LogP contribution in [0.1, 0.15) is 12.1 Å². The standard InChI is InChI=1S/C11H16N4O/c12-9-1-3-13-10(7-9)8-15-5-2-11(16)14-4-6-15/h1,3,7H,2,4-6,8H2,(H2,12,13)(H,14,16). The van der Waals surface area contributed by atoms with Gasteiger partial charge in [-0.3, -0.25) is 14.7 Å². The van der Waals surface area contributed by atoms with E-state index in [1.165, 1.54) is 0 Å². The highest BCUT2D eigenvalue weighted by molar-refractivity contribution is 5.76.